The Kier molecular flexibility index (Phi) is 4.31. The zero-order chi connectivity index (χ0) is 14.8. The minimum absolute atomic E-state index is 0.143. The number of nitrogens with one attached hydrogen (secondary N) is 1. The summed E-state index contributed by atoms with van der Waals surface area (Å²) in [5.74, 6) is 1.72. The summed E-state index contributed by atoms with van der Waals surface area (Å²) in [6.07, 6.45) is 5.31. The van der Waals surface area contributed by atoms with Gasteiger partial charge in [-0.15, -0.1) is 0 Å². The first-order valence-corrected chi connectivity index (χ1v) is 8.04. The number of aliphatic hydroxyl groups is 1. The van der Waals surface area contributed by atoms with Gasteiger partial charge in [0.2, 0.25) is 0 Å². The first-order chi connectivity index (χ1) is 10.2. The van der Waals surface area contributed by atoms with Gasteiger partial charge in [-0.1, -0.05) is 15.9 Å². The van der Waals surface area contributed by atoms with Crippen LogP contribution in [0.3, 0.4) is 0 Å². The summed E-state index contributed by atoms with van der Waals surface area (Å²) in [7, 11) is 1.68. The van der Waals surface area contributed by atoms with Crippen molar-refractivity contribution in [3.05, 3.63) is 28.9 Å². The predicted octanol–water partition coefficient (Wildman–Crippen LogP) is 3.72. The number of aliphatic hydroxyl groups excluding tert-OH is 1. The van der Waals surface area contributed by atoms with Crippen molar-refractivity contribution >= 4 is 32.5 Å². The van der Waals surface area contributed by atoms with Gasteiger partial charge < -0.3 is 15.2 Å². The number of hydrogen-bond acceptors (Lipinski definition) is 4. The minimum Gasteiger partial charge on any atom is -0.496 e. The maximum atomic E-state index is 9.61. The molecule has 1 aromatic carbocycles. The van der Waals surface area contributed by atoms with Crippen molar-refractivity contribution in [2.24, 2.45) is 0 Å². The molecule has 1 aliphatic carbocycles. The summed E-state index contributed by atoms with van der Waals surface area (Å²) in [4.78, 5) is 4.50. The summed E-state index contributed by atoms with van der Waals surface area (Å²) in [5, 5.41) is 15.2. The second-order valence-electron chi connectivity index (χ2n) is 5.48. The number of rotatable bonds is 3. The van der Waals surface area contributed by atoms with Crippen LogP contribution in [-0.4, -0.2) is 29.3 Å². The van der Waals surface area contributed by atoms with E-state index in [1.54, 1.807) is 13.3 Å². The molecule has 1 saturated carbocycles. The third kappa shape index (κ3) is 2.99. The van der Waals surface area contributed by atoms with Crippen LogP contribution in [0.4, 0.5) is 5.82 Å². The number of pyridine rings is 1. The highest BCUT2D eigenvalue weighted by atomic mass is 79.9. The van der Waals surface area contributed by atoms with E-state index in [2.05, 4.69) is 26.2 Å². The van der Waals surface area contributed by atoms with E-state index in [0.29, 0.717) is 6.04 Å². The molecule has 0 bridgehead atoms. The number of ether oxygens (including phenoxy) is 1. The number of anilines is 1. The van der Waals surface area contributed by atoms with Gasteiger partial charge in [-0.05, 0) is 43.9 Å². The molecule has 0 radical (unpaired) electrons. The van der Waals surface area contributed by atoms with Crippen LogP contribution in [0.5, 0.6) is 5.75 Å². The molecule has 5 heteroatoms. The molecule has 0 unspecified atom stereocenters. The highest BCUT2D eigenvalue weighted by Gasteiger charge is 2.20. The molecule has 2 aromatic rings. The SMILES string of the molecule is COc1ccc(Br)c2c(NC3CCC(O)CC3)nccc12. The van der Waals surface area contributed by atoms with Crippen LogP contribution in [0.1, 0.15) is 25.7 Å². The largest absolute Gasteiger partial charge is 0.496 e. The molecular weight excluding hydrogens is 332 g/mol. The highest BCUT2D eigenvalue weighted by molar-refractivity contribution is 9.10. The molecule has 2 N–H and O–H groups in total. The van der Waals surface area contributed by atoms with Crippen molar-refractivity contribution in [2.75, 3.05) is 12.4 Å². The van der Waals surface area contributed by atoms with Gasteiger partial charge in [-0.25, -0.2) is 4.98 Å². The zero-order valence-electron chi connectivity index (χ0n) is 12.0. The monoisotopic (exact) mass is 350 g/mol. The average Bonchev–Trinajstić information content (AvgIpc) is 2.50. The zero-order valence-corrected chi connectivity index (χ0v) is 13.6. The van der Waals surface area contributed by atoms with Crippen molar-refractivity contribution in [3.8, 4) is 5.75 Å². The third-order valence-corrected chi connectivity index (χ3v) is 4.75. The Morgan fingerprint density at radius 2 is 2.00 bits per heavy atom. The van der Waals surface area contributed by atoms with Crippen LogP contribution in [-0.2, 0) is 0 Å². The number of fused-ring (bicyclic) bond motifs is 1. The summed E-state index contributed by atoms with van der Waals surface area (Å²) in [6, 6.07) is 6.27. The average molecular weight is 351 g/mol. The van der Waals surface area contributed by atoms with Gasteiger partial charge in [0.05, 0.1) is 13.2 Å². The van der Waals surface area contributed by atoms with Crippen LogP contribution >= 0.6 is 15.9 Å². The molecule has 1 aliphatic rings. The van der Waals surface area contributed by atoms with Crippen molar-refractivity contribution in [1.29, 1.82) is 0 Å². The molecule has 1 fully saturated rings. The van der Waals surface area contributed by atoms with Gasteiger partial charge in [0.15, 0.2) is 0 Å². The van der Waals surface area contributed by atoms with E-state index in [9.17, 15) is 5.11 Å². The lowest BCUT2D eigenvalue weighted by Crippen LogP contribution is -2.28. The number of nitrogens with zero attached hydrogens (tertiary/aromatic N) is 1. The molecule has 1 aromatic heterocycles. The molecule has 0 aliphatic heterocycles. The van der Waals surface area contributed by atoms with Gasteiger partial charge in [0.25, 0.3) is 0 Å². The van der Waals surface area contributed by atoms with E-state index < -0.39 is 0 Å². The molecule has 112 valence electrons. The van der Waals surface area contributed by atoms with Crippen molar-refractivity contribution < 1.29 is 9.84 Å². The van der Waals surface area contributed by atoms with E-state index >= 15 is 0 Å². The summed E-state index contributed by atoms with van der Waals surface area (Å²) >= 11 is 3.61. The molecule has 0 spiro atoms. The van der Waals surface area contributed by atoms with Gasteiger partial charge in [0, 0.05) is 27.5 Å². The Bertz CT molecular complexity index is 639. The first kappa shape index (κ1) is 14.6. The van der Waals surface area contributed by atoms with E-state index in [4.69, 9.17) is 4.74 Å². The molecule has 1 heterocycles. The Morgan fingerprint density at radius 3 is 2.71 bits per heavy atom. The lowest BCUT2D eigenvalue weighted by molar-refractivity contribution is 0.126. The van der Waals surface area contributed by atoms with Crippen LogP contribution in [0.2, 0.25) is 0 Å². The number of halogens is 1. The van der Waals surface area contributed by atoms with Crippen LogP contribution in [0.15, 0.2) is 28.9 Å². The number of hydrogen-bond donors (Lipinski definition) is 2. The van der Waals surface area contributed by atoms with Crippen molar-refractivity contribution in [2.45, 2.75) is 37.8 Å². The van der Waals surface area contributed by atoms with Gasteiger partial charge >= 0.3 is 0 Å². The first-order valence-electron chi connectivity index (χ1n) is 7.25. The van der Waals surface area contributed by atoms with Crippen molar-refractivity contribution in [1.82, 2.24) is 4.98 Å². The standard InChI is InChI=1S/C16H19BrN2O2/c1-21-14-7-6-13(17)15-12(14)8-9-18-16(15)19-10-2-4-11(20)5-3-10/h6-11,20H,2-5H2,1H3,(H,18,19). The van der Waals surface area contributed by atoms with E-state index in [1.165, 1.54) is 0 Å². The quantitative estimate of drug-likeness (QED) is 0.885. The number of benzene rings is 1. The Morgan fingerprint density at radius 1 is 1.24 bits per heavy atom. The molecule has 4 nitrogen and oxygen atoms in total. The van der Waals surface area contributed by atoms with Gasteiger partial charge in [-0.2, -0.15) is 0 Å². The maximum Gasteiger partial charge on any atom is 0.135 e. The second kappa shape index (κ2) is 6.20. The molecule has 3 rings (SSSR count). The van der Waals surface area contributed by atoms with E-state index in [0.717, 1.165) is 52.5 Å². The third-order valence-electron chi connectivity index (χ3n) is 4.09. The van der Waals surface area contributed by atoms with Gasteiger partial charge in [-0.3, -0.25) is 0 Å². The fourth-order valence-corrected chi connectivity index (χ4v) is 3.47. The Balaban J connectivity index is 1.95. The van der Waals surface area contributed by atoms with Crippen molar-refractivity contribution in [3.63, 3.8) is 0 Å². The Hall–Kier alpha value is -1.33. The predicted molar refractivity (Wildman–Crippen MR) is 87.9 cm³/mol. The fourth-order valence-electron chi connectivity index (χ4n) is 2.93. The molecule has 0 saturated heterocycles. The van der Waals surface area contributed by atoms with E-state index in [-0.39, 0.29) is 6.10 Å². The van der Waals surface area contributed by atoms with Crippen LogP contribution in [0.25, 0.3) is 10.8 Å². The Labute approximate surface area is 132 Å². The highest BCUT2D eigenvalue weighted by Crippen LogP contribution is 2.36. The molecule has 0 amide bonds. The molecule has 0 atom stereocenters. The number of aromatic nitrogens is 1. The maximum absolute atomic E-state index is 9.61. The van der Waals surface area contributed by atoms with Crippen LogP contribution < -0.4 is 10.1 Å². The van der Waals surface area contributed by atoms with Crippen LogP contribution in [0, 0.1) is 0 Å². The van der Waals surface area contributed by atoms with Gasteiger partial charge in [0.1, 0.15) is 11.6 Å². The fraction of sp³-hybridized carbons (Fsp3) is 0.438. The van der Waals surface area contributed by atoms with E-state index in [1.807, 2.05) is 18.2 Å². The summed E-state index contributed by atoms with van der Waals surface area (Å²) in [5.41, 5.74) is 0. The minimum atomic E-state index is -0.143. The number of methoxy groups -OCH3 is 1. The summed E-state index contributed by atoms with van der Waals surface area (Å²) in [6.45, 7) is 0. The lowest BCUT2D eigenvalue weighted by Gasteiger charge is -2.27. The lowest BCUT2D eigenvalue weighted by atomic mass is 9.93. The normalized spacial score (nSPS) is 22.2. The molecular formula is C16H19BrN2O2. The second-order valence-corrected chi connectivity index (χ2v) is 6.34. The topological polar surface area (TPSA) is 54.4 Å². The smallest absolute Gasteiger partial charge is 0.135 e. The summed E-state index contributed by atoms with van der Waals surface area (Å²) < 4.78 is 6.44. The molecule has 21 heavy (non-hydrogen) atoms.